The standard InChI is InChI=1S/C23H20N4O4S/c28-22(17-8-11-24-12-9-17)26-13-10-18-14-19(6-7-21(18)26)32(30,31)27-15-20(25-23(27)29)16-4-2-1-3-5-16/h1-9,11-12,14,20H,10,13,15H2,(H,25,29)/t20-/m0/s1. The summed E-state index contributed by atoms with van der Waals surface area (Å²) in [6.07, 6.45) is 3.65. The van der Waals surface area contributed by atoms with E-state index >= 15 is 0 Å². The van der Waals surface area contributed by atoms with Crippen LogP contribution in [0, 0.1) is 0 Å². The number of carbonyl (C=O) groups excluding carboxylic acids is 2. The van der Waals surface area contributed by atoms with E-state index in [2.05, 4.69) is 10.3 Å². The van der Waals surface area contributed by atoms with Gasteiger partial charge in [0.2, 0.25) is 0 Å². The maximum atomic E-state index is 13.2. The number of carbonyl (C=O) groups is 2. The van der Waals surface area contributed by atoms with Crippen LogP contribution < -0.4 is 10.2 Å². The number of aromatic nitrogens is 1. The number of rotatable bonds is 4. The van der Waals surface area contributed by atoms with E-state index in [0.29, 0.717) is 24.2 Å². The zero-order chi connectivity index (χ0) is 22.3. The van der Waals surface area contributed by atoms with Gasteiger partial charge in [-0.2, -0.15) is 0 Å². The van der Waals surface area contributed by atoms with Crippen LogP contribution in [0.2, 0.25) is 0 Å². The van der Waals surface area contributed by atoms with Crippen LogP contribution in [0.3, 0.4) is 0 Å². The number of anilines is 1. The highest BCUT2D eigenvalue weighted by atomic mass is 32.2. The molecule has 0 bridgehead atoms. The molecule has 32 heavy (non-hydrogen) atoms. The van der Waals surface area contributed by atoms with Crippen molar-refractivity contribution in [2.75, 3.05) is 18.0 Å². The fourth-order valence-electron chi connectivity index (χ4n) is 4.12. The van der Waals surface area contributed by atoms with Crippen molar-refractivity contribution in [1.29, 1.82) is 0 Å². The molecule has 8 nitrogen and oxygen atoms in total. The number of amides is 3. The molecule has 1 fully saturated rings. The third-order valence-electron chi connectivity index (χ3n) is 5.78. The summed E-state index contributed by atoms with van der Waals surface area (Å²) in [6, 6.07) is 16.2. The molecule has 3 amide bonds. The van der Waals surface area contributed by atoms with Crippen molar-refractivity contribution >= 4 is 27.6 Å². The maximum Gasteiger partial charge on any atom is 0.331 e. The van der Waals surface area contributed by atoms with Gasteiger partial charge in [-0.3, -0.25) is 9.78 Å². The molecule has 162 valence electrons. The Morgan fingerprint density at radius 1 is 1.03 bits per heavy atom. The Hall–Kier alpha value is -3.72. The molecule has 2 aliphatic rings. The van der Waals surface area contributed by atoms with Gasteiger partial charge in [-0.1, -0.05) is 30.3 Å². The fraction of sp³-hybridized carbons (Fsp3) is 0.174. The van der Waals surface area contributed by atoms with Gasteiger partial charge in [0, 0.05) is 30.2 Å². The molecule has 2 aromatic carbocycles. The molecule has 2 aliphatic heterocycles. The second-order valence-corrected chi connectivity index (χ2v) is 9.54. The first-order valence-corrected chi connectivity index (χ1v) is 11.6. The number of nitrogens with one attached hydrogen (secondary N) is 1. The minimum atomic E-state index is -4.03. The summed E-state index contributed by atoms with van der Waals surface area (Å²) in [5.74, 6) is -0.161. The van der Waals surface area contributed by atoms with E-state index in [4.69, 9.17) is 0 Å². The van der Waals surface area contributed by atoms with Crippen molar-refractivity contribution in [3.8, 4) is 0 Å². The summed E-state index contributed by atoms with van der Waals surface area (Å²) >= 11 is 0. The molecule has 3 aromatic rings. The third-order valence-corrected chi connectivity index (χ3v) is 7.53. The normalized spacial score (nSPS) is 17.9. The highest BCUT2D eigenvalue weighted by Crippen LogP contribution is 2.33. The fourth-order valence-corrected chi connectivity index (χ4v) is 5.53. The molecular weight excluding hydrogens is 428 g/mol. The lowest BCUT2D eigenvalue weighted by Gasteiger charge is -2.19. The zero-order valence-corrected chi connectivity index (χ0v) is 17.8. The van der Waals surface area contributed by atoms with Gasteiger partial charge in [0.05, 0.1) is 17.5 Å². The molecule has 0 saturated carbocycles. The number of hydrogen-bond donors (Lipinski definition) is 1. The second kappa shape index (κ2) is 7.76. The monoisotopic (exact) mass is 448 g/mol. The maximum absolute atomic E-state index is 13.2. The lowest BCUT2D eigenvalue weighted by atomic mass is 10.1. The molecule has 0 spiro atoms. The summed E-state index contributed by atoms with van der Waals surface area (Å²) < 4.78 is 27.3. The first kappa shape index (κ1) is 20.2. The zero-order valence-electron chi connectivity index (χ0n) is 17.0. The Kier molecular flexibility index (Phi) is 4.90. The molecule has 1 aromatic heterocycles. The number of pyridine rings is 1. The molecule has 9 heteroatoms. The van der Waals surface area contributed by atoms with Crippen LogP contribution in [0.25, 0.3) is 0 Å². The molecular formula is C23H20N4O4S. The van der Waals surface area contributed by atoms with Crippen molar-refractivity contribution in [3.05, 3.63) is 89.7 Å². The van der Waals surface area contributed by atoms with E-state index in [9.17, 15) is 18.0 Å². The highest BCUT2D eigenvalue weighted by Gasteiger charge is 2.39. The van der Waals surface area contributed by atoms with Crippen LogP contribution in [0.4, 0.5) is 10.5 Å². The first-order valence-electron chi connectivity index (χ1n) is 10.2. The molecule has 1 atom stereocenters. The van der Waals surface area contributed by atoms with Crippen LogP contribution >= 0.6 is 0 Å². The second-order valence-electron chi connectivity index (χ2n) is 7.68. The Labute approximate surface area is 185 Å². The van der Waals surface area contributed by atoms with Crippen molar-refractivity contribution in [2.24, 2.45) is 0 Å². The molecule has 0 aliphatic carbocycles. The van der Waals surface area contributed by atoms with Gasteiger partial charge in [-0.05, 0) is 47.9 Å². The molecule has 1 saturated heterocycles. The summed E-state index contributed by atoms with van der Waals surface area (Å²) in [5, 5.41) is 2.74. The molecule has 0 unspecified atom stereocenters. The van der Waals surface area contributed by atoms with Crippen LogP contribution in [-0.2, 0) is 16.4 Å². The predicted octanol–water partition coefficient (Wildman–Crippen LogP) is 2.74. The summed E-state index contributed by atoms with van der Waals surface area (Å²) in [6.45, 7) is 0.481. The highest BCUT2D eigenvalue weighted by molar-refractivity contribution is 7.89. The predicted molar refractivity (Wildman–Crippen MR) is 118 cm³/mol. The number of urea groups is 1. The molecule has 3 heterocycles. The first-order chi connectivity index (χ1) is 15.4. The Balaban J connectivity index is 1.40. The van der Waals surface area contributed by atoms with E-state index in [-0.39, 0.29) is 17.3 Å². The van der Waals surface area contributed by atoms with Crippen molar-refractivity contribution in [1.82, 2.24) is 14.6 Å². The van der Waals surface area contributed by atoms with E-state index in [1.165, 1.54) is 6.07 Å². The van der Waals surface area contributed by atoms with Crippen LogP contribution in [0.5, 0.6) is 0 Å². The SMILES string of the molecule is O=C(c1ccncc1)N1CCc2cc(S(=O)(=O)N3C[C@@H](c4ccccc4)NC3=O)ccc21. The van der Waals surface area contributed by atoms with Crippen molar-refractivity contribution < 1.29 is 18.0 Å². The van der Waals surface area contributed by atoms with Crippen LogP contribution in [0.1, 0.15) is 27.5 Å². The number of benzene rings is 2. The number of fused-ring (bicyclic) bond motifs is 1. The summed E-state index contributed by atoms with van der Waals surface area (Å²) in [5.41, 5.74) is 2.80. The lowest BCUT2D eigenvalue weighted by Crippen LogP contribution is -2.34. The van der Waals surface area contributed by atoms with Crippen molar-refractivity contribution in [3.63, 3.8) is 0 Å². The summed E-state index contributed by atoms with van der Waals surface area (Å²) in [7, 11) is -4.03. The van der Waals surface area contributed by atoms with Gasteiger partial charge in [-0.25, -0.2) is 17.5 Å². The van der Waals surface area contributed by atoms with Gasteiger partial charge in [-0.15, -0.1) is 0 Å². The van der Waals surface area contributed by atoms with Crippen molar-refractivity contribution in [2.45, 2.75) is 17.4 Å². The van der Waals surface area contributed by atoms with E-state index in [1.807, 2.05) is 30.3 Å². The Morgan fingerprint density at radius 3 is 2.53 bits per heavy atom. The minimum absolute atomic E-state index is 0.0227. The van der Waals surface area contributed by atoms with Gasteiger partial charge < -0.3 is 10.2 Å². The van der Waals surface area contributed by atoms with Crippen LogP contribution in [-0.4, -0.2) is 42.7 Å². The summed E-state index contributed by atoms with van der Waals surface area (Å²) in [4.78, 5) is 30.9. The quantitative estimate of drug-likeness (QED) is 0.662. The third kappa shape index (κ3) is 3.40. The lowest BCUT2D eigenvalue weighted by molar-refractivity contribution is 0.0989. The van der Waals surface area contributed by atoms with Gasteiger partial charge in [0.1, 0.15) is 0 Å². The van der Waals surface area contributed by atoms with Gasteiger partial charge in [0.25, 0.3) is 15.9 Å². The minimum Gasteiger partial charge on any atom is -0.328 e. The average molecular weight is 449 g/mol. The number of nitrogens with zero attached hydrogens (tertiary/aromatic N) is 3. The van der Waals surface area contributed by atoms with Crippen LogP contribution in [0.15, 0.2) is 78.0 Å². The molecule has 0 radical (unpaired) electrons. The number of sulfonamides is 1. The molecule has 1 N–H and O–H groups in total. The van der Waals surface area contributed by atoms with Gasteiger partial charge in [0.15, 0.2) is 0 Å². The van der Waals surface area contributed by atoms with E-state index < -0.39 is 22.1 Å². The Morgan fingerprint density at radius 2 is 1.78 bits per heavy atom. The number of hydrogen-bond acceptors (Lipinski definition) is 5. The Bertz CT molecular complexity index is 1300. The van der Waals surface area contributed by atoms with E-state index in [1.54, 1.807) is 41.6 Å². The molecule has 5 rings (SSSR count). The smallest absolute Gasteiger partial charge is 0.328 e. The average Bonchev–Trinajstić information content (AvgIpc) is 3.43. The largest absolute Gasteiger partial charge is 0.331 e. The van der Waals surface area contributed by atoms with E-state index in [0.717, 1.165) is 15.4 Å². The topological polar surface area (TPSA) is 99.7 Å². The van der Waals surface area contributed by atoms with Gasteiger partial charge >= 0.3 is 6.03 Å².